The van der Waals surface area contributed by atoms with E-state index in [4.69, 9.17) is 9.47 Å². The van der Waals surface area contributed by atoms with Crippen LogP contribution in [0.3, 0.4) is 0 Å². The molecule has 0 fully saturated rings. The Balaban J connectivity index is 1.57. The number of amides is 1. The Bertz CT molecular complexity index is 1110. The fourth-order valence-electron chi connectivity index (χ4n) is 3.50. The Morgan fingerprint density at radius 3 is 1.76 bits per heavy atom. The van der Waals surface area contributed by atoms with Crippen molar-refractivity contribution >= 4 is 17.8 Å². The summed E-state index contributed by atoms with van der Waals surface area (Å²) >= 11 is 0. The van der Waals surface area contributed by atoms with Crippen molar-refractivity contribution in [3.63, 3.8) is 0 Å². The van der Waals surface area contributed by atoms with Crippen LogP contribution in [0.1, 0.15) is 29.5 Å². The molecule has 0 spiro atoms. The number of benzene rings is 3. The Kier molecular flexibility index (Phi) is 11.3. The van der Waals surface area contributed by atoms with Crippen molar-refractivity contribution in [2.45, 2.75) is 44.7 Å². The summed E-state index contributed by atoms with van der Waals surface area (Å²) in [5.74, 6) is -1.74. The predicted molar refractivity (Wildman–Crippen MR) is 138 cm³/mol. The van der Waals surface area contributed by atoms with Gasteiger partial charge in [0.15, 0.2) is 0 Å². The highest BCUT2D eigenvalue weighted by Crippen LogP contribution is 2.09. The fourth-order valence-corrected chi connectivity index (χ4v) is 3.50. The lowest BCUT2D eigenvalue weighted by Crippen LogP contribution is -2.52. The molecule has 194 valence electrons. The molecule has 0 aliphatic rings. The summed E-state index contributed by atoms with van der Waals surface area (Å²) in [4.78, 5) is 38.1. The van der Waals surface area contributed by atoms with E-state index in [-0.39, 0.29) is 26.1 Å². The molecule has 0 aromatic heterocycles. The van der Waals surface area contributed by atoms with Gasteiger partial charge in [0.2, 0.25) is 5.91 Å². The van der Waals surface area contributed by atoms with Crippen LogP contribution < -0.4 is 10.6 Å². The van der Waals surface area contributed by atoms with Crippen molar-refractivity contribution in [2.75, 3.05) is 6.61 Å². The number of hydrogen-bond donors (Lipinski definition) is 3. The Morgan fingerprint density at radius 1 is 0.703 bits per heavy atom. The van der Waals surface area contributed by atoms with E-state index in [0.717, 1.165) is 16.7 Å². The molecule has 0 saturated heterocycles. The van der Waals surface area contributed by atoms with Crippen molar-refractivity contribution in [1.29, 1.82) is 0 Å². The smallest absolute Gasteiger partial charge is 0.328 e. The molecule has 0 aliphatic heterocycles. The monoisotopic (exact) mass is 504 g/mol. The first-order chi connectivity index (χ1) is 18.0. The zero-order valence-corrected chi connectivity index (χ0v) is 20.5. The molecule has 8 heteroatoms. The Labute approximate surface area is 216 Å². The number of carbonyl (C=O) groups excluding carboxylic acids is 3. The summed E-state index contributed by atoms with van der Waals surface area (Å²) in [6.45, 7) is 0.0311. The number of nitrogens with one attached hydrogen (secondary N) is 2. The quantitative estimate of drug-likeness (QED) is 0.289. The average molecular weight is 505 g/mol. The molecule has 1 amide bonds. The van der Waals surface area contributed by atoms with Gasteiger partial charge in [-0.05, 0) is 23.1 Å². The maximum absolute atomic E-state index is 12.9. The molecule has 3 aromatic rings. The molecule has 3 aromatic carbocycles. The van der Waals surface area contributed by atoms with Crippen molar-refractivity contribution in [3.8, 4) is 0 Å². The van der Waals surface area contributed by atoms with Gasteiger partial charge in [-0.2, -0.15) is 0 Å². The molecule has 0 aliphatic carbocycles. The number of rotatable bonds is 14. The summed E-state index contributed by atoms with van der Waals surface area (Å²) in [5, 5.41) is 15.4. The predicted octanol–water partition coefficient (Wildman–Crippen LogP) is 2.89. The third-order valence-electron chi connectivity index (χ3n) is 5.60. The highest BCUT2D eigenvalue weighted by molar-refractivity contribution is 5.88. The number of carbonyl (C=O) groups is 3. The second kappa shape index (κ2) is 15.2. The summed E-state index contributed by atoms with van der Waals surface area (Å²) < 4.78 is 10.7. The number of ether oxygens (including phenoxy) is 2. The minimum absolute atomic E-state index is 0.0101. The van der Waals surface area contributed by atoms with Crippen molar-refractivity contribution in [3.05, 3.63) is 108 Å². The zero-order chi connectivity index (χ0) is 26.3. The summed E-state index contributed by atoms with van der Waals surface area (Å²) in [6.07, 6.45) is -0.108. The van der Waals surface area contributed by atoms with Gasteiger partial charge in [-0.15, -0.1) is 0 Å². The van der Waals surface area contributed by atoms with E-state index in [1.54, 1.807) is 0 Å². The normalized spacial score (nSPS) is 12.2. The van der Waals surface area contributed by atoms with Crippen LogP contribution in [0.15, 0.2) is 91.0 Å². The van der Waals surface area contributed by atoms with E-state index in [2.05, 4.69) is 10.6 Å². The number of hydrogen-bond acceptors (Lipinski definition) is 7. The standard InChI is InChI=1S/C29H32N2O6/c32-19-26(30-18-22-10-4-1-5-11-22)28(34)31-25(29(35)37-21-24-14-8-3-9-15-24)16-17-27(33)36-20-23-12-6-2-7-13-23/h1-15,25-26,30,32H,16-21H2,(H,31,34)/t25-,26-/m0/s1. The van der Waals surface area contributed by atoms with Gasteiger partial charge in [0.25, 0.3) is 0 Å². The van der Waals surface area contributed by atoms with Gasteiger partial charge in [-0.3, -0.25) is 14.9 Å². The molecule has 3 N–H and O–H groups in total. The van der Waals surface area contributed by atoms with Crippen molar-refractivity contribution in [2.24, 2.45) is 0 Å². The van der Waals surface area contributed by atoms with Crippen LogP contribution in [0.2, 0.25) is 0 Å². The third-order valence-corrected chi connectivity index (χ3v) is 5.60. The van der Waals surface area contributed by atoms with Gasteiger partial charge < -0.3 is 19.9 Å². The van der Waals surface area contributed by atoms with E-state index in [1.165, 1.54) is 0 Å². The van der Waals surface area contributed by atoms with Gasteiger partial charge >= 0.3 is 11.9 Å². The highest BCUT2D eigenvalue weighted by Gasteiger charge is 2.27. The molecular weight excluding hydrogens is 472 g/mol. The molecule has 0 saturated carbocycles. The molecule has 3 rings (SSSR count). The first-order valence-electron chi connectivity index (χ1n) is 12.1. The minimum Gasteiger partial charge on any atom is -0.461 e. The van der Waals surface area contributed by atoms with Crippen LogP contribution in [0.5, 0.6) is 0 Å². The summed E-state index contributed by atoms with van der Waals surface area (Å²) in [7, 11) is 0. The topological polar surface area (TPSA) is 114 Å². The molecule has 0 radical (unpaired) electrons. The van der Waals surface area contributed by atoms with Gasteiger partial charge in [0.05, 0.1) is 6.61 Å². The molecule has 0 bridgehead atoms. The van der Waals surface area contributed by atoms with Crippen LogP contribution in [0.4, 0.5) is 0 Å². The van der Waals surface area contributed by atoms with Crippen LogP contribution in [-0.2, 0) is 43.6 Å². The van der Waals surface area contributed by atoms with E-state index in [0.29, 0.717) is 6.54 Å². The fraction of sp³-hybridized carbons (Fsp3) is 0.276. The molecule has 0 unspecified atom stereocenters. The summed E-state index contributed by atoms with van der Waals surface area (Å²) in [5.41, 5.74) is 2.58. The second-order valence-corrected chi connectivity index (χ2v) is 8.44. The van der Waals surface area contributed by atoms with Crippen molar-refractivity contribution in [1.82, 2.24) is 10.6 Å². The largest absolute Gasteiger partial charge is 0.461 e. The van der Waals surface area contributed by atoms with Crippen LogP contribution in [0, 0.1) is 0 Å². The van der Waals surface area contributed by atoms with E-state index in [1.807, 2.05) is 91.0 Å². The van der Waals surface area contributed by atoms with Crippen LogP contribution in [-0.4, -0.2) is 41.6 Å². The van der Waals surface area contributed by atoms with Crippen molar-refractivity contribution < 1.29 is 29.0 Å². The highest BCUT2D eigenvalue weighted by atomic mass is 16.5. The van der Waals surface area contributed by atoms with Crippen LogP contribution >= 0.6 is 0 Å². The lowest BCUT2D eigenvalue weighted by Gasteiger charge is -2.21. The first-order valence-corrected chi connectivity index (χ1v) is 12.1. The van der Waals surface area contributed by atoms with Crippen LogP contribution in [0.25, 0.3) is 0 Å². The Morgan fingerprint density at radius 2 is 1.22 bits per heavy atom. The van der Waals surface area contributed by atoms with Gasteiger partial charge in [-0.25, -0.2) is 4.79 Å². The molecule has 2 atom stereocenters. The minimum atomic E-state index is -1.09. The lowest BCUT2D eigenvalue weighted by atomic mass is 10.1. The SMILES string of the molecule is O=C(CC[C@H](NC(=O)[C@H](CO)NCc1ccccc1)C(=O)OCc1ccccc1)OCc1ccccc1. The Hall–Kier alpha value is -4.01. The summed E-state index contributed by atoms with van der Waals surface area (Å²) in [6, 6.07) is 25.8. The number of esters is 2. The van der Waals surface area contributed by atoms with E-state index >= 15 is 0 Å². The molecule has 8 nitrogen and oxygen atoms in total. The zero-order valence-electron chi connectivity index (χ0n) is 20.5. The van der Waals surface area contributed by atoms with E-state index < -0.39 is 36.5 Å². The molecular formula is C29H32N2O6. The van der Waals surface area contributed by atoms with Gasteiger partial charge in [0.1, 0.15) is 25.3 Å². The second-order valence-electron chi connectivity index (χ2n) is 8.44. The van der Waals surface area contributed by atoms with E-state index in [9.17, 15) is 19.5 Å². The number of aliphatic hydroxyl groups excluding tert-OH is 1. The number of aliphatic hydroxyl groups is 1. The third kappa shape index (κ3) is 9.87. The first kappa shape index (κ1) is 27.6. The maximum Gasteiger partial charge on any atom is 0.328 e. The molecule has 37 heavy (non-hydrogen) atoms. The maximum atomic E-state index is 12.9. The molecule has 0 heterocycles. The lowest BCUT2D eigenvalue weighted by molar-refractivity contribution is -0.151. The van der Waals surface area contributed by atoms with Gasteiger partial charge in [-0.1, -0.05) is 91.0 Å². The van der Waals surface area contributed by atoms with Gasteiger partial charge in [0, 0.05) is 13.0 Å². The average Bonchev–Trinajstić information content (AvgIpc) is 2.94.